The van der Waals surface area contributed by atoms with Crippen molar-refractivity contribution in [3.63, 3.8) is 0 Å². The molecule has 0 saturated carbocycles. The van der Waals surface area contributed by atoms with E-state index in [4.69, 9.17) is 5.21 Å². The van der Waals surface area contributed by atoms with Gasteiger partial charge in [0.15, 0.2) is 0 Å². The number of allylic oxidation sites excluding steroid dienone is 6. The highest BCUT2D eigenvalue weighted by molar-refractivity contribution is 5.81. The topological polar surface area (TPSA) is 32.6 Å². The van der Waals surface area contributed by atoms with E-state index in [0.717, 1.165) is 12.0 Å². The summed E-state index contributed by atoms with van der Waals surface area (Å²) < 4.78 is 0. The smallest absolute Gasteiger partial charge is 0.0736 e. The van der Waals surface area contributed by atoms with Crippen LogP contribution in [0.1, 0.15) is 11.1 Å². The second-order valence-corrected chi connectivity index (χ2v) is 3.97. The van der Waals surface area contributed by atoms with Crippen molar-refractivity contribution in [2.45, 2.75) is 6.42 Å². The zero-order chi connectivity index (χ0) is 11.9. The average Bonchev–Trinajstić information content (AvgIpc) is 2.61. The van der Waals surface area contributed by atoms with Crippen LogP contribution in [0.15, 0.2) is 65.9 Å². The minimum absolute atomic E-state index is 0.387. The van der Waals surface area contributed by atoms with Gasteiger partial charge in [-0.05, 0) is 23.5 Å². The van der Waals surface area contributed by atoms with Gasteiger partial charge in [-0.1, -0.05) is 65.9 Å². The average molecular weight is 225 g/mol. The van der Waals surface area contributed by atoms with E-state index in [1.807, 2.05) is 30.4 Å². The lowest BCUT2D eigenvalue weighted by Crippen LogP contribution is -2.01. The molecule has 86 valence electrons. The summed E-state index contributed by atoms with van der Waals surface area (Å²) in [5, 5.41) is 11.7. The fraction of sp³-hybridized carbons (Fsp3) is 0.133. The number of hydrogen-bond acceptors (Lipinski definition) is 2. The van der Waals surface area contributed by atoms with E-state index in [1.54, 1.807) is 0 Å². The van der Waals surface area contributed by atoms with E-state index in [1.165, 1.54) is 11.8 Å². The van der Waals surface area contributed by atoms with Gasteiger partial charge in [-0.3, -0.25) is 0 Å². The van der Waals surface area contributed by atoms with Crippen molar-refractivity contribution in [1.29, 1.82) is 0 Å². The van der Waals surface area contributed by atoms with E-state index in [0.29, 0.717) is 5.92 Å². The highest BCUT2D eigenvalue weighted by Crippen LogP contribution is 2.16. The van der Waals surface area contributed by atoms with Gasteiger partial charge < -0.3 is 5.21 Å². The Morgan fingerprint density at radius 3 is 2.47 bits per heavy atom. The van der Waals surface area contributed by atoms with Crippen LogP contribution in [0.5, 0.6) is 0 Å². The highest BCUT2D eigenvalue weighted by atomic mass is 16.4. The summed E-state index contributed by atoms with van der Waals surface area (Å²) in [7, 11) is 0. The Kier molecular flexibility index (Phi) is 3.92. The fourth-order valence-electron chi connectivity index (χ4n) is 1.90. The number of hydrogen-bond donors (Lipinski definition) is 1. The maximum absolute atomic E-state index is 8.63. The molecule has 0 atom stereocenters. The molecule has 1 aliphatic carbocycles. The molecule has 0 heterocycles. The largest absolute Gasteiger partial charge is 0.411 e. The lowest BCUT2D eigenvalue weighted by atomic mass is 9.95. The van der Waals surface area contributed by atoms with Crippen molar-refractivity contribution < 1.29 is 5.21 Å². The third-order valence-corrected chi connectivity index (χ3v) is 2.76. The van der Waals surface area contributed by atoms with Crippen LogP contribution in [0, 0.1) is 5.92 Å². The molecule has 0 bridgehead atoms. The molecule has 17 heavy (non-hydrogen) atoms. The summed E-state index contributed by atoms with van der Waals surface area (Å²) in [4.78, 5) is 0. The van der Waals surface area contributed by atoms with Crippen LogP contribution < -0.4 is 0 Å². The summed E-state index contributed by atoms with van der Waals surface area (Å²) >= 11 is 0. The molecule has 0 unspecified atom stereocenters. The Morgan fingerprint density at radius 2 is 1.76 bits per heavy atom. The van der Waals surface area contributed by atoms with E-state index < -0.39 is 0 Å². The van der Waals surface area contributed by atoms with Crippen molar-refractivity contribution in [1.82, 2.24) is 0 Å². The SMILES string of the molecule is O/N=C/c1ccccc1CC1C=CC=CC=C1. The van der Waals surface area contributed by atoms with Crippen LogP contribution in [0.2, 0.25) is 0 Å². The first-order valence-electron chi connectivity index (χ1n) is 5.67. The molecule has 0 amide bonds. The van der Waals surface area contributed by atoms with Gasteiger partial charge in [-0.25, -0.2) is 0 Å². The molecule has 1 N–H and O–H groups in total. The molecule has 2 nitrogen and oxygen atoms in total. The first-order valence-corrected chi connectivity index (χ1v) is 5.67. The molecular weight excluding hydrogens is 210 g/mol. The van der Waals surface area contributed by atoms with Crippen LogP contribution in [-0.2, 0) is 6.42 Å². The van der Waals surface area contributed by atoms with Gasteiger partial charge in [-0.15, -0.1) is 0 Å². The molecule has 2 heteroatoms. The minimum atomic E-state index is 0.387. The maximum Gasteiger partial charge on any atom is 0.0736 e. The highest BCUT2D eigenvalue weighted by Gasteiger charge is 2.06. The zero-order valence-electron chi connectivity index (χ0n) is 9.53. The van der Waals surface area contributed by atoms with Crippen LogP contribution >= 0.6 is 0 Å². The third kappa shape index (κ3) is 3.18. The summed E-state index contributed by atoms with van der Waals surface area (Å²) in [6.07, 6.45) is 14.9. The minimum Gasteiger partial charge on any atom is -0.411 e. The standard InChI is InChI=1S/C15H15NO/c17-16-12-15-10-6-5-9-14(15)11-13-7-3-1-2-4-8-13/h1-10,12-13,17H,11H2/b16-12+. The van der Waals surface area contributed by atoms with Gasteiger partial charge in [0.2, 0.25) is 0 Å². The number of nitrogens with zero attached hydrogens (tertiary/aromatic N) is 1. The molecule has 0 aliphatic heterocycles. The molecule has 1 aliphatic rings. The lowest BCUT2D eigenvalue weighted by molar-refractivity contribution is 0.322. The van der Waals surface area contributed by atoms with Gasteiger partial charge in [0, 0.05) is 0 Å². The molecular formula is C15H15NO. The molecule has 2 rings (SSSR count). The number of benzene rings is 1. The third-order valence-electron chi connectivity index (χ3n) is 2.76. The van der Waals surface area contributed by atoms with Crippen LogP contribution in [0.4, 0.5) is 0 Å². The lowest BCUT2D eigenvalue weighted by Gasteiger charge is -2.09. The van der Waals surface area contributed by atoms with Crippen LogP contribution in [0.3, 0.4) is 0 Å². The Labute approximate surface area is 101 Å². The Bertz CT molecular complexity index is 467. The molecule has 0 radical (unpaired) electrons. The summed E-state index contributed by atoms with van der Waals surface area (Å²) in [6, 6.07) is 7.97. The van der Waals surface area contributed by atoms with E-state index in [2.05, 4.69) is 35.5 Å². The maximum atomic E-state index is 8.63. The van der Waals surface area contributed by atoms with E-state index in [9.17, 15) is 0 Å². The molecule has 0 aromatic heterocycles. The second-order valence-electron chi connectivity index (χ2n) is 3.97. The monoisotopic (exact) mass is 225 g/mol. The Morgan fingerprint density at radius 1 is 1.06 bits per heavy atom. The first-order chi connectivity index (χ1) is 8.40. The Balaban J connectivity index is 2.18. The van der Waals surface area contributed by atoms with E-state index >= 15 is 0 Å². The normalized spacial score (nSPS) is 15.5. The molecule has 1 aromatic carbocycles. The molecule has 0 spiro atoms. The van der Waals surface area contributed by atoms with Gasteiger partial charge in [-0.2, -0.15) is 0 Å². The quantitative estimate of drug-likeness (QED) is 0.477. The van der Waals surface area contributed by atoms with Crippen molar-refractivity contribution in [3.8, 4) is 0 Å². The molecule has 0 saturated heterocycles. The first kappa shape index (κ1) is 11.4. The molecule has 1 aromatic rings. The van der Waals surface area contributed by atoms with E-state index in [-0.39, 0.29) is 0 Å². The summed E-state index contributed by atoms with van der Waals surface area (Å²) in [5.41, 5.74) is 2.15. The van der Waals surface area contributed by atoms with Gasteiger partial charge >= 0.3 is 0 Å². The van der Waals surface area contributed by atoms with Crippen molar-refractivity contribution in [2.75, 3.05) is 0 Å². The number of oxime groups is 1. The van der Waals surface area contributed by atoms with Crippen LogP contribution in [0.25, 0.3) is 0 Å². The zero-order valence-corrected chi connectivity index (χ0v) is 9.53. The predicted octanol–water partition coefficient (Wildman–Crippen LogP) is 3.34. The van der Waals surface area contributed by atoms with Gasteiger partial charge in [0.05, 0.1) is 6.21 Å². The van der Waals surface area contributed by atoms with Gasteiger partial charge in [0.25, 0.3) is 0 Å². The second kappa shape index (κ2) is 5.85. The van der Waals surface area contributed by atoms with Crippen molar-refractivity contribution in [2.24, 2.45) is 11.1 Å². The predicted molar refractivity (Wildman–Crippen MR) is 70.4 cm³/mol. The van der Waals surface area contributed by atoms with Crippen molar-refractivity contribution in [3.05, 3.63) is 71.8 Å². The summed E-state index contributed by atoms with van der Waals surface area (Å²) in [6.45, 7) is 0. The fourth-order valence-corrected chi connectivity index (χ4v) is 1.90. The Hall–Kier alpha value is -2.09. The van der Waals surface area contributed by atoms with Crippen LogP contribution in [-0.4, -0.2) is 11.4 Å². The van der Waals surface area contributed by atoms with Gasteiger partial charge in [0.1, 0.15) is 0 Å². The molecule has 0 fully saturated rings. The summed E-state index contributed by atoms with van der Waals surface area (Å²) in [5.74, 6) is 0.387. The van der Waals surface area contributed by atoms with Crippen molar-refractivity contribution >= 4 is 6.21 Å². The number of rotatable bonds is 3.